The number of benzene rings is 3. The quantitative estimate of drug-likeness (QED) is 0.617. The second-order valence-electron chi connectivity index (χ2n) is 4.25. The molecule has 0 aliphatic carbocycles. The van der Waals surface area contributed by atoms with Crippen LogP contribution >= 0.6 is 0 Å². The fourth-order valence-electron chi connectivity index (χ4n) is 2.10. The zero-order valence-corrected chi connectivity index (χ0v) is 10.5. The number of hydrogen-bond acceptors (Lipinski definition) is 1. The average Bonchev–Trinajstić information content (AvgIpc) is 2.52. The summed E-state index contributed by atoms with van der Waals surface area (Å²) in [5.74, 6) is 0. The molecule has 3 rings (SSSR count). The monoisotopic (exact) mass is 246 g/mol. The highest BCUT2D eigenvalue weighted by molar-refractivity contribution is 5.76. The first kappa shape index (κ1) is 10.4. The molecule has 0 fully saturated rings. The van der Waals surface area contributed by atoms with E-state index in [1.165, 1.54) is 0 Å². The molecule has 3 aromatic carbocycles. The summed E-state index contributed by atoms with van der Waals surface area (Å²) in [6.07, 6.45) is 0. The summed E-state index contributed by atoms with van der Waals surface area (Å²) in [6.45, 7) is 0. The zero-order chi connectivity index (χ0) is 13.8. The second-order valence-corrected chi connectivity index (χ2v) is 4.25. The van der Waals surface area contributed by atoms with Crippen molar-refractivity contribution in [2.24, 2.45) is 0 Å². The van der Waals surface area contributed by atoms with Crippen LogP contribution in [0.15, 0.2) is 91.0 Å². The van der Waals surface area contributed by atoms with Crippen LogP contribution in [0, 0.1) is 0 Å². The van der Waals surface area contributed by atoms with E-state index in [1.807, 2.05) is 60.7 Å². The Morgan fingerprint density at radius 2 is 0.947 bits per heavy atom. The van der Waals surface area contributed by atoms with Gasteiger partial charge in [0.25, 0.3) is 0 Å². The number of hydrogen-bond donors (Lipinski definition) is 0. The van der Waals surface area contributed by atoms with Crippen LogP contribution in [0.5, 0.6) is 0 Å². The molecule has 0 saturated heterocycles. The third-order valence-corrected chi connectivity index (χ3v) is 2.96. The van der Waals surface area contributed by atoms with Gasteiger partial charge in [0.15, 0.2) is 0 Å². The normalized spacial score (nSPS) is 10.8. The molecule has 0 unspecified atom stereocenters. The lowest BCUT2D eigenvalue weighted by Crippen LogP contribution is -2.09. The van der Waals surface area contributed by atoms with E-state index in [-0.39, 0.29) is 0 Å². The van der Waals surface area contributed by atoms with E-state index >= 15 is 0 Å². The molecule has 0 atom stereocenters. The van der Waals surface area contributed by atoms with Gasteiger partial charge >= 0.3 is 0 Å². The Morgan fingerprint density at radius 3 is 1.42 bits per heavy atom. The van der Waals surface area contributed by atoms with Crippen molar-refractivity contribution in [3.8, 4) is 0 Å². The van der Waals surface area contributed by atoms with Crippen molar-refractivity contribution in [2.75, 3.05) is 4.90 Å². The van der Waals surface area contributed by atoms with Crippen LogP contribution in [-0.2, 0) is 0 Å². The molecule has 3 aromatic rings. The Labute approximate surface area is 115 Å². The largest absolute Gasteiger partial charge is 0.311 e. The van der Waals surface area contributed by atoms with Gasteiger partial charge in [0.05, 0.1) is 1.37 Å². The fraction of sp³-hybridized carbons (Fsp3) is 0. The Hall–Kier alpha value is -2.54. The molecule has 0 aliphatic heterocycles. The summed E-state index contributed by atoms with van der Waals surface area (Å²) in [6, 6.07) is 28.4. The summed E-state index contributed by atoms with van der Waals surface area (Å²) in [7, 11) is 0. The minimum atomic E-state index is 0.514. The first-order valence-electron chi connectivity index (χ1n) is 6.82. The first-order chi connectivity index (χ1) is 9.86. The van der Waals surface area contributed by atoms with Crippen LogP contribution in [0.4, 0.5) is 17.1 Å². The maximum Gasteiger partial charge on any atom is 0.0645 e. The highest BCUT2D eigenvalue weighted by Crippen LogP contribution is 2.33. The first-order valence-corrected chi connectivity index (χ1v) is 6.32. The van der Waals surface area contributed by atoms with Crippen molar-refractivity contribution >= 4 is 17.1 Å². The molecule has 0 aliphatic rings. The third kappa shape index (κ3) is 2.50. The van der Waals surface area contributed by atoms with Gasteiger partial charge in [0, 0.05) is 17.1 Å². The van der Waals surface area contributed by atoms with Crippen molar-refractivity contribution < 1.29 is 1.37 Å². The van der Waals surface area contributed by atoms with Crippen molar-refractivity contribution in [3.63, 3.8) is 0 Å². The van der Waals surface area contributed by atoms with Gasteiger partial charge in [-0.1, -0.05) is 54.6 Å². The number of nitrogens with zero attached hydrogens (tertiary/aromatic N) is 1. The van der Waals surface area contributed by atoms with Gasteiger partial charge in [-0.2, -0.15) is 0 Å². The van der Waals surface area contributed by atoms with Gasteiger partial charge in [-0.3, -0.25) is 0 Å². The van der Waals surface area contributed by atoms with Crippen molar-refractivity contribution in [1.29, 1.82) is 0 Å². The summed E-state index contributed by atoms with van der Waals surface area (Å²) in [5, 5.41) is 0. The molecule has 0 amide bonds. The number of para-hydroxylation sites is 3. The Bertz CT molecular complexity index is 641. The van der Waals surface area contributed by atoms with Crippen LogP contribution in [0.1, 0.15) is 1.37 Å². The SMILES string of the molecule is [2H]c1ccccc1N(c1ccccc1)c1ccccc1. The Balaban J connectivity index is 2.17. The van der Waals surface area contributed by atoms with E-state index < -0.39 is 0 Å². The van der Waals surface area contributed by atoms with E-state index in [9.17, 15) is 0 Å². The summed E-state index contributed by atoms with van der Waals surface area (Å²) in [4.78, 5) is 2.10. The van der Waals surface area contributed by atoms with E-state index in [2.05, 4.69) is 29.2 Å². The number of anilines is 3. The predicted octanol–water partition coefficient (Wildman–Crippen LogP) is 5.16. The number of rotatable bonds is 3. The minimum Gasteiger partial charge on any atom is -0.311 e. The van der Waals surface area contributed by atoms with E-state index in [0.29, 0.717) is 6.04 Å². The van der Waals surface area contributed by atoms with E-state index in [1.54, 1.807) is 0 Å². The molecule has 0 radical (unpaired) electrons. The topological polar surface area (TPSA) is 3.24 Å². The van der Waals surface area contributed by atoms with Gasteiger partial charge in [0.2, 0.25) is 0 Å². The third-order valence-electron chi connectivity index (χ3n) is 2.96. The van der Waals surface area contributed by atoms with Crippen LogP contribution in [0.2, 0.25) is 0 Å². The summed E-state index contributed by atoms with van der Waals surface area (Å²) in [5.41, 5.74) is 2.99. The highest BCUT2D eigenvalue weighted by Gasteiger charge is 2.10. The summed E-state index contributed by atoms with van der Waals surface area (Å²) >= 11 is 0. The standard InChI is InChI=1S/C18H15N/c1-4-10-16(11-5-1)19(17-12-6-2-7-13-17)18-14-8-3-9-15-18/h1-15H/i10D. The molecule has 19 heavy (non-hydrogen) atoms. The highest BCUT2D eigenvalue weighted by atomic mass is 15.1. The lowest BCUT2D eigenvalue weighted by molar-refractivity contribution is 1.28. The van der Waals surface area contributed by atoms with Gasteiger partial charge in [0.1, 0.15) is 0 Å². The molecule has 0 bridgehead atoms. The molecule has 0 aromatic heterocycles. The van der Waals surface area contributed by atoms with Crippen LogP contribution < -0.4 is 4.90 Å². The smallest absolute Gasteiger partial charge is 0.0645 e. The van der Waals surface area contributed by atoms with E-state index in [4.69, 9.17) is 1.37 Å². The zero-order valence-electron chi connectivity index (χ0n) is 11.5. The van der Waals surface area contributed by atoms with Crippen LogP contribution in [-0.4, -0.2) is 0 Å². The Kier molecular flexibility index (Phi) is 2.95. The predicted molar refractivity (Wildman–Crippen MR) is 81.1 cm³/mol. The molecular weight excluding hydrogens is 230 g/mol. The van der Waals surface area contributed by atoms with Crippen molar-refractivity contribution in [3.05, 3.63) is 91.0 Å². The summed E-state index contributed by atoms with van der Waals surface area (Å²) < 4.78 is 8.16. The molecule has 0 spiro atoms. The molecule has 1 heteroatoms. The van der Waals surface area contributed by atoms with Gasteiger partial charge < -0.3 is 4.90 Å². The van der Waals surface area contributed by atoms with Crippen LogP contribution in [0.25, 0.3) is 0 Å². The minimum absolute atomic E-state index is 0.514. The maximum atomic E-state index is 8.16. The molecule has 0 saturated carbocycles. The van der Waals surface area contributed by atoms with Crippen molar-refractivity contribution in [2.45, 2.75) is 0 Å². The fourth-order valence-corrected chi connectivity index (χ4v) is 2.10. The molecular formula is C18H15N. The molecule has 0 heterocycles. The molecule has 1 nitrogen and oxygen atoms in total. The van der Waals surface area contributed by atoms with Crippen molar-refractivity contribution in [1.82, 2.24) is 0 Å². The average molecular weight is 246 g/mol. The van der Waals surface area contributed by atoms with Crippen LogP contribution in [0.3, 0.4) is 0 Å². The lowest BCUT2D eigenvalue weighted by atomic mass is 10.2. The van der Waals surface area contributed by atoms with Gasteiger partial charge in [-0.15, -0.1) is 0 Å². The van der Waals surface area contributed by atoms with Gasteiger partial charge in [-0.05, 0) is 36.4 Å². The molecule has 92 valence electrons. The maximum absolute atomic E-state index is 8.16. The van der Waals surface area contributed by atoms with Gasteiger partial charge in [-0.25, -0.2) is 0 Å². The lowest BCUT2D eigenvalue weighted by Gasteiger charge is -2.25. The Morgan fingerprint density at radius 1 is 0.526 bits per heavy atom. The molecule has 0 N–H and O–H groups in total. The second kappa shape index (κ2) is 5.40. The van der Waals surface area contributed by atoms with E-state index in [0.717, 1.165) is 17.1 Å².